The average molecular weight is 384 g/mol. The van der Waals surface area contributed by atoms with Crippen LogP contribution < -0.4 is 0 Å². The summed E-state index contributed by atoms with van der Waals surface area (Å²) in [6, 6.07) is 1.15. The largest absolute Gasteiger partial charge is 0.477 e. The maximum atomic E-state index is 12.5. The van der Waals surface area contributed by atoms with Crippen LogP contribution >= 0.6 is 27.3 Å². The lowest BCUT2D eigenvalue weighted by atomic mass is 10.5. The summed E-state index contributed by atoms with van der Waals surface area (Å²) in [4.78, 5) is 10.8. The normalized spacial score (nSPS) is 11.8. The Morgan fingerprint density at radius 1 is 1.65 bits per heavy atom. The monoisotopic (exact) mass is 383 g/mol. The fraction of sp³-hybridized carbons (Fsp3) is 0.364. The minimum Gasteiger partial charge on any atom is -0.477 e. The SMILES string of the molecule is C=CCN(CCOC)S(=O)(=O)c1cc(C(=O)O)sc1Br. The first-order valence-electron chi connectivity index (χ1n) is 5.47. The quantitative estimate of drug-likeness (QED) is 0.694. The Morgan fingerprint density at radius 3 is 2.75 bits per heavy atom. The second kappa shape index (κ2) is 7.32. The van der Waals surface area contributed by atoms with Crippen LogP contribution in [0.2, 0.25) is 0 Å². The van der Waals surface area contributed by atoms with Crippen LogP contribution in [0.15, 0.2) is 27.4 Å². The first kappa shape index (κ1) is 17.3. The molecule has 0 spiro atoms. The Balaban J connectivity index is 3.18. The van der Waals surface area contributed by atoms with Crippen molar-refractivity contribution in [2.45, 2.75) is 4.90 Å². The van der Waals surface area contributed by atoms with Crippen molar-refractivity contribution in [1.29, 1.82) is 0 Å². The molecule has 1 N–H and O–H groups in total. The molecule has 20 heavy (non-hydrogen) atoms. The van der Waals surface area contributed by atoms with Gasteiger partial charge in [0.1, 0.15) is 9.77 Å². The number of aromatic carboxylic acids is 1. The minimum absolute atomic E-state index is 0.0410. The lowest BCUT2D eigenvalue weighted by molar-refractivity contribution is 0.0702. The van der Waals surface area contributed by atoms with Crippen molar-refractivity contribution in [3.05, 3.63) is 27.4 Å². The number of rotatable bonds is 8. The van der Waals surface area contributed by atoms with Gasteiger partial charge < -0.3 is 9.84 Å². The lowest BCUT2D eigenvalue weighted by Crippen LogP contribution is -2.34. The molecule has 0 unspecified atom stereocenters. The lowest BCUT2D eigenvalue weighted by Gasteiger charge is -2.19. The van der Waals surface area contributed by atoms with Crippen molar-refractivity contribution in [3.8, 4) is 0 Å². The van der Waals surface area contributed by atoms with Crippen molar-refractivity contribution >= 4 is 43.3 Å². The van der Waals surface area contributed by atoms with Crippen molar-refractivity contribution in [3.63, 3.8) is 0 Å². The van der Waals surface area contributed by atoms with Gasteiger partial charge in [-0.1, -0.05) is 6.08 Å². The zero-order valence-corrected chi connectivity index (χ0v) is 13.9. The summed E-state index contributed by atoms with van der Waals surface area (Å²) in [5.41, 5.74) is 0. The van der Waals surface area contributed by atoms with E-state index in [0.29, 0.717) is 0 Å². The molecule has 0 saturated heterocycles. The average Bonchev–Trinajstić information content (AvgIpc) is 2.77. The van der Waals surface area contributed by atoms with Crippen LogP contribution in [0, 0.1) is 0 Å². The first-order chi connectivity index (χ1) is 9.34. The fourth-order valence-electron chi connectivity index (χ4n) is 1.42. The highest BCUT2D eigenvalue weighted by Gasteiger charge is 2.28. The summed E-state index contributed by atoms with van der Waals surface area (Å²) in [5, 5.41) is 8.92. The van der Waals surface area contributed by atoms with Crippen molar-refractivity contribution in [2.24, 2.45) is 0 Å². The summed E-state index contributed by atoms with van der Waals surface area (Å²) in [6.07, 6.45) is 1.46. The van der Waals surface area contributed by atoms with Gasteiger partial charge in [0.05, 0.1) is 10.4 Å². The molecule has 0 radical (unpaired) electrons. The number of sulfonamides is 1. The topological polar surface area (TPSA) is 83.9 Å². The van der Waals surface area contributed by atoms with E-state index in [4.69, 9.17) is 9.84 Å². The third kappa shape index (κ3) is 3.89. The van der Waals surface area contributed by atoms with Gasteiger partial charge in [0.2, 0.25) is 10.0 Å². The van der Waals surface area contributed by atoms with Crippen LogP contribution in [0.3, 0.4) is 0 Å². The number of carbonyl (C=O) groups is 1. The molecule has 0 aliphatic carbocycles. The second-order valence-electron chi connectivity index (χ2n) is 3.70. The van der Waals surface area contributed by atoms with Crippen LogP contribution in [0.1, 0.15) is 9.67 Å². The molecule has 0 aliphatic heterocycles. The number of halogens is 1. The number of carboxylic acid groups (broad SMARTS) is 1. The standard InChI is InChI=1S/C11H14BrNO5S2/c1-3-4-13(5-6-18-2)20(16,17)9-7-8(11(14)15)19-10(9)12/h3,7H,1,4-6H2,2H3,(H,14,15). The maximum absolute atomic E-state index is 12.5. The van der Waals surface area contributed by atoms with E-state index in [1.165, 1.54) is 17.5 Å². The first-order valence-corrected chi connectivity index (χ1v) is 8.52. The van der Waals surface area contributed by atoms with E-state index < -0.39 is 16.0 Å². The van der Waals surface area contributed by atoms with Crippen molar-refractivity contribution in [2.75, 3.05) is 26.8 Å². The van der Waals surface area contributed by atoms with Crippen LogP contribution in [0.4, 0.5) is 0 Å². The number of ether oxygens (including phenoxy) is 1. The summed E-state index contributed by atoms with van der Waals surface area (Å²) >= 11 is 3.96. The molecule has 1 aromatic heterocycles. The van der Waals surface area contributed by atoms with Crippen LogP contribution in [0.5, 0.6) is 0 Å². The molecule has 112 valence electrons. The molecule has 1 aromatic rings. The van der Waals surface area contributed by atoms with Gasteiger partial charge in [-0.05, 0) is 22.0 Å². The Labute approximate surface area is 129 Å². The minimum atomic E-state index is -3.80. The zero-order chi connectivity index (χ0) is 15.3. The molecule has 0 fully saturated rings. The predicted molar refractivity (Wildman–Crippen MR) is 79.8 cm³/mol. The van der Waals surface area contributed by atoms with Crippen LogP contribution in [-0.4, -0.2) is 50.6 Å². The molecule has 6 nitrogen and oxygen atoms in total. The molecule has 0 amide bonds. The van der Waals surface area contributed by atoms with E-state index in [-0.39, 0.29) is 33.3 Å². The Morgan fingerprint density at radius 2 is 2.30 bits per heavy atom. The molecule has 0 saturated carbocycles. The number of hydrogen-bond acceptors (Lipinski definition) is 5. The van der Waals surface area contributed by atoms with Gasteiger partial charge in [-0.2, -0.15) is 4.31 Å². The summed E-state index contributed by atoms with van der Waals surface area (Å²) in [6.45, 7) is 4.04. The van der Waals surface area contributed by atoms with E-state index in [1.54, 1.807) is 0 Å². The Bertz CT molecular complexity index is 596. The molecular weight excluding hydrogens is 370 g/mol. The smallest absolute Gasteiger partial charge is 0.345 e. The van der Waals surface area contributed by atoms with Gasteiger partial charge >= 0.3 is 5.97 Å². The van der Waals surface area contributed by atoms with E-state index in [0.717, 1.165) is 17.4 Å². The van der Waals surface area contributed by atoms with Gasteiger partial charge in [-0.15, -0.1) is 17.9 Å². The predicted octanol–water partition coefficient (Wildman–Crippen LogP) is 2.03. The highest BCUT2D eigenvalue weighted by molar-refractivity contribution is 9.11. The van der Waals surface area contributed by atoms with E-state index >= 15 is 0 Å². The second-order valence-corrected chi connectivity index (χ2v) is 7.97. The Kier molecular flexibility index (Phi) is 6.34. The number of carboxylic acids is 1. The highest BCUT2D eigenvalue weighted by Crippen LogP contribution is 2.33. The molecule has 0 aromatic carbocycles. The summed E-state index contributed by atoms with van der Waals surface area (Å²) < 4.78 is 31.3. The van der Waals surface area contributed by atoms with Gasteiger partial charge in [-0.25, -0.2) is 13.2 Å². The Hall–Kier alpha value is -0.740. The molecule has 0 aliphatic rings. The number of methoxy groups -OCH3 is 1. The number of hydrogen-bond donors (Lipinski definition) is 1. The van der Waals surface area contributed by atoms with Gasteiger partial charge in [0.25, 0.3) is 0 Å². The van der Waals surface area contributed by atoms with E-state index in [2.05, 4.69) is 22.5 Å². The zero-order valence-electron chi connectivity index (χ0n) is 10.7. The molecule has 0 atom stereocenters. The van der Waals surface area contributed by atoms with Gasteiger partial charge in [-0.3, -0.25) is 0 Å². The van der Waals surface area contributed by atoms with Gasteiger partial charge in [0, 0.05) is 20.2 Å². The van der Waals surface area contributed by atoms with E-state index in [1.807, 2.05) is 0 Å². The van der Waals surface area contributed by atoms with Crippen molar-refractivity contribution < 1.29 is 23.1 Å². The summed E-state index contributed by atoms with van der Waals surface area (Å²) in [5.74, 6) is -1.16. The van der Waals surface area contributed by atoms with E-state index in [9.17, 15) is 13.2 Å². The molecule has 9 heteroatoms. The van der Waals surface area contributed by atoms with Crippen LogP contribution in [-0.2, 0) is 14.8 Å². The molecule has 1 rings (SSSR count). The molecule has 0 bridgehead atoms. The number of thiophene rings is 1. The molecule has 1 heterocycles. The highest BCUT2D eigenvalue weighted by atomic mass is 79.9. The fourth-order valence-corrected chi connectivity index (χ4v) is 5.17. The van der Waals surface area contributed by atoms with Crippen LogP contribution in [0.25, 0.3) is 0 Å². The summed E-state index contributed by atoms with van der Waals surface area (Å²) in [7, 11) is -2.32. The molecular formula is C11H14BrNO5S2. The van der Waals surface area contributed by atoms with Gasteiger partial charge in [0.15, 0.2) is 0 Å². The third-order valence-corrected chi connectivity index (χ3v) is 6.47. The maximum Gasteiger partial charge on any atom is 0.345 e. The van der Waals surface area contributed by atoms with Crippen molar-refractivity contribution in [1.82, 2.24) is 4.31 Å². The third-order valence-electron chi connectivity index (χ3n) is 2.36. The number of nitrogens with zero attached hydrogens (tertiary/aromatic N) is 1.